The van der Waals surface area contributed by atoms with Gasteiger partial charge in [0.2, 0.25) is 0 Å². The molecular formula is C24H30N8O2. The number of pyridine rings is 1. The lowest BCUT2D eigenvalue weighted by atomic mass is 9.95. The minimum atomic E-state index is -0.515. The maximum Gasteiger partial charge on any atom is 0.276 e. The predicted molar refractivity (Wildman–Crippen MR) is 129 cm³/mol. The van der Waals surface area contributed by atoms with E-state index in [1.807, 2.05) is 12.1 Å². The first-order chi connectivity index (χ1) is 16.5. The molecule has 2 fully saturated rings. The topological polar surface area (TPSA) is 145 Å². The first kappa shape index (κ1) is 23.3. The van der Waals surface area contributed by atoms with Crippen LogP contribution in [-0.4, -0.2) is 45.6 Å². The van der Waals surface area contributed by atoms with Crippen LogP contribution >= 0.6 is 0 Å². The minimum Gasteiger partial charge on any atom is -0.392 e. The molecule has 2 aromatic heterocycles. The van der Waals surface area contributed by atoms with Crippen molar-refractivity contribution in [1.29, 1.82) is 5.41 Å². The highest BCUT2D eigenvalue weighted by Crippen LogP contribution is 2.39. The Bertz CT molecular complexity index is 1080. The van der Waals surface area contributed by atoms with Crippen molar-refractivity contribution in [2.75, 3.05) is 12.4 Å². The SMILES string of the molecule is CN/C=C(/NC(=O)c1nc(C2CC2)ccc1Nc1cncnc1)C(=N)C(=O)NC1CCCCC1. The lowest BCUT2D eigenvalue weighted by Crippen LogP contribution is -2.43. The molecule has 10 nitrogen and oxygen atoms in total. The molecule has 2 heterocycles. The number of aromatic nitrogens is 3. The van der Waals surface area contributed by atoms with Crippen LogP contribution in [0.3, 0.4) is 0 Å². The molecule has 0 atom stereocenters. The van der Waals surface area contributed by atoms with E-state index in [4.69, 9.17) is 5.41 Å². The number of carbonyl (C=O) groups is 2. The molecule has 178 valence electrons. The lowest BCUT2D eigenvalue weighted by Gasteiger charge is -2.23. The second kappa shape index (κ2) is 10.9. The molecular weight excluding hydrogens is 432 g/mol. The molecule has 0 aromatic carbocycles. The summed E-state index contributed by atoms with van der Waals surface area (Å²) >= 11 is 0. The molecule has 0 radical (unpaired) electrons. The zero-order chi connectivity index (χ0) is 23.9. The van der Waals surface area contributed by atoms with Gasteiger partial charge < -0.3 is 21.3 Å². The van der Waals surface area contributed by atoms with E-state index in [1.54, 1.807) is 19.4 Å². The van der Waals surface area contributed by atoms with Gasteiger partial charge in [0, 0.05) is 30.9 Å². The Labute approximate surface area is 198 Å². The van der Waals surface area contributed by atoms with Crippen LogP contribution in [0.2, 0.25) is 0 Å². The standard InChI is InChI=1S/C24H30N8O2/c1-26-13-20(21(25)23(33)30-16-5-3-2-4-6-16)32-24(34)22-19(29-17-11-27-14-28-12-17)10-9-18(31-22)15-7-8-15/h9-16,25-26,29H,2-8H2,1H3,(H,30,33)(H,32,34)/b20-13+,25-21?. The van der Waals surface area contributed by atoms with Crippen LogP contribution in [0.25, 0.3) is 0 Å². The Kier molecular flexibility index (Phi) is 7.46. The molecule has 4 rings (SSSR count). The summed E-state index contributed by atoms with van der Waals surface area (Å²) < 4.78 is 0. The molecule has 10 heteroatoms. The highest BCUT2D eigenvalue weighted by Gasteiger charge is 2.28. The Morgan fingerprint density at radius 2 is 1.79 bits per heavy atom. The number of carbonyl (C=O) groups excluding carboxylic acids is 2. The average Bonchev–Trinajstić information content (AvgIpc) is 3.70. The fraction of sp³-hybridized carbons (Fsp3) is 0.417. The van der Waals surface area contributed by atoms with Gasteiger partial charge in [0.15, 0.2) is 5.69 Å². The summed E-state index contributed by atoms with van der Waals surface area (Å²) in [4.78, 5) is 38.6. The molecule has 2 saturated carbocycles. The molecule has 2 aromatic rings. The average molecular weight is 463 g/mol. The largest absolute Gasteiger partial charge is 0.392 e. The third-order valence-corrected chi connectivity index (χ3v) is 5.94. The lowest BCUT2D eigenvalue weighted by molar-refractivity contribution is -0.115. The molecule has 2 amide bonds. The van der Waals surface area contributed by atoms with E-state index >= 15 is 0 Å². The van der Waals surface area contributed by atoms with Crippen molar-refractivity contribution < 1.29 is 9.59 Å². The van der Waals surface area contributed by atoms with Crippen LogP contribution in [0.15, 0.2) is 42.8 Å². The van der Waals surface area contributed by atoms with Crippen molar-refractivity contribution in [3.63, 3.8) is 0 Å². The quantitative estimate of drug-likeness (QED) is 0.360. The fourth-order valence-electron chi connectivity index (χ4n) is 4.00. The van der Waals surface area contributed by atoms with Crippen molar-refractivity contribution in [2.45, 2.75) is 56.9 Å². The highest BCUT2D eigenvalue weighted by molar-refractivity contribution is 6.44. The van der Waals surface area contributed by atoms with Crippen LogP contribution in [0.4, 0.5) is 11.4 Å². The van der Waals surface area contributed by atoms with Gasteiger partial charge in [0.05, 0.1) is 29.5 Å². The van der Waals surface area contributed by atoms with Crippen molar-refractivity contribution >= 4 is 28.9 Å². The summed E-state index contributed by atoms with van der Waals surface area (Å²) in [6.07, 6.45) is 13.3. The van der Waals surface area contributed by atoms with E-state index in [0.29, 0.717) is 17.3 Å². The minimum absolute atomic E-state index is 0.0638. The molecule has 0 bridgehead atoms. The van der Waals surface area contributed by atoms with Gasteiger partial charge in [-0.05, 0) is 37.8 Å². The highest BCUT2D eigenvalue weighted by atomic mass is 16.2. The van der Waals surface area contributed by atoms with Crippen LogP contribution in [0.1, 0.15) is 67.0 Å². The van der Waals surface area contributed by atoms with Crippen LogP contribution in [-0.2, 0) is 4.79 Å². The summed E-state index contributed by atoms with van der Waals surface area (Å²) in [5.41, 5.74) is 1.90. The number of nitrogens with zero attached hydrogens (tertiary/aromatic N) is 3. The maximum absolute atomic E-state index is 13.3. The van der Waals surface area contributed by atoms with Crippen molar-refractivity contribution in [3.05, 3.63) is 54.1 Å². The van der Waals surface area contributed by atoms with E-state index in [-0.39, 0.29) is 23.1 Å². The van der Waals surface area contributed by atoms with E-state index < -0.39 is 11.8 Å². The smallest absolute Gasteiger partial charge is 0.276 e. The van der Waals surface area contributed by atoms with Gasteiger partial charge in [0.1, 0.15) is 12.0 Å². The predicted octanol–water partition coefficient (Wildman–Crippen LogP) is 2.75. The number of amides is 2. The monoisotopic (exact) mass is 462 g/mol. The summed E-state index contributed by atoms with van der Waals surface area (Å²) in [5, 5.41) is 20.0. The van der Waals surface area contributed by atoms with Gasteiger partial charge in [0.25, 0.3) is 11.8 Å². The molecule has 34 heavy (non-hydrogen) atoms. The Hall–Kier alpha value is -3.82. The van der Waals surface area contributed by atoms with E-state index in [0.717, 1.165) is 44.2 Å². The normalized spacial score (nSPS) is 16.4. The zero-order valence-electron chi connectivity index (χ0n) is 19.2. The summed E-state index contributed by atoms with van der Waals surface area (Å²) in [6, 6.07) is 3.78. The van der Waals surface area contributed by atoms with Gasteiger partial charge in [-0.2, -0.15) is 0 Å². The third-order valence-electron chi connectivity index (χ3n) is 5.94. The van der Waals surface area contributed by atoms with Crippen LogP contribution in [0.5, 0.6) is 0 Å². The maximum atomic E-state index is 13.3. The molecule has 0 aliphatic heterocycles. The third kappa shape index (κ3) is 5.94. The van der Waals surface area contributed by atoms with Crippen LogP contribution < -0.4 is 21.3 Å². The van der Waals surface area contributed by atoms with Crippen molar-refractivity contribution in [1.82, 2.24) is 30.9 Å². The van der Waals surface area contributed by atoms with Gasteiger partial charge in [-0.15, -0.1) is 0 Å². The first-order valence-corrected chi connectivity index (χ1v) is 11.7. The van der Waals surface area contributed by atoms with Crippen LogP contribution in [0, 0.1) is 5.41 Å². The van der Waals surface area contributed by atoms with E-state index in [1.165, 1.54) is 18.9 Å². The number of hydrogen-bond donors (Lipinski definition) is 5. The van der Waals surface area contributed by atoms with Crippen molar-refractivity contribution in [2.24, 2.45) is 0 Å². The first-order valence-electron chi connectivity index (χ1n) is 11.7. The van der Waals surface area contributed by atoms with E-state index in [9.17, 15) is 9.59 Å². The fourth-order valence-corrected chi connectivity index (χ4v) is 4.00. The number of anilines is 2. The van der Waals surface area contributed by atoms with E-state index in [2.05, 4.69) is 36.2 Å². The van der Waals surface area contributed by atoms with Gasteiger partial charge in [-0.1, -0.05) is 19.3 Å². The molecule has 5 N–H and O–H groups in total. The Morgan fingerprint density at radius 3 is 2.47 bits per heavy atom. The summed E-state index contributed by atoms with van der Waals surface area (Å²) in [6.45, 7) is 0. The number of nitrogens with one attached hydrogen (secondary N) is 5. The molecule has 2 aliphatic carbocycles. The van der Waals surface area contributed by atoms with Gasteiger partial charge >= 0.3 is 0 Å². The number of rotatable bonds is 9. The molecule has 2 aliphatic rings. The Morgan fingerprint density at radius 1 is 1.06 bits per heavy atom. The zero-order valence-corrected chi connectivity index (χ0v) is 19.2. The Balaban J connectivity index is 1.52. The van der Waals surface area contributed by atoms with Gasteiger partial charge in [-0.3, -0.25) is 15.0 Å². The molecule has 0 saturated heterocycles. The second-order valence-electron chi connectivity index (χ2n) is 8.64. The molecule has 0 spiro atoms. The number of hydrogen-bond acceptors (Lipinski definition) is 8. The van der Waals surface area contributed by atoms with Crippen molar-refractivity contribution in [3.8, 4) is 0 Å². The summed E-state index contributed by atoms with van der Waals surface area (Å²) in [7, 11) is 1.65. The second-order valence-corrected chi connectivity index (χ2v) is 8.64. The summed E-state index contributed by atoms with van der Waals surface area (Å²) in [5.74, 6) is -0.667. The van der Waals surface area contributed by atoms with Gasteiger partial charge in [-0.25, -0.2) is 15.0 Å². The molecule has 0 unspecified atom stereocenters.